The first-order valence-electron chi connectivity index (χ1n) is 7.29. The number of aryl methyl sites for hydroxylation is 1. The molecule has 20 heavy (non-hydrogen) atoms. The summed E-state index contributed by atoms with van der Waals surface area (Å²) in [5.41, 5.74) is 5.48. The average Bonchev–Trinajstić information content (AvgIpc) is 2.85. The third-order valence-corrected chi connectivity index (χ3v) is 4.04. The van der Waals surface area contributed by atoms with Gasteiger partial charge in [-0.05, 0) is 31.2 Å². The quantitative estimate of drug-likeness (QED) is 0.909. The van der Waals surface area contributed by atoms with Crippen LogP contribution in [0.1, 0.15) is 22.6 Å². The maximum Gasteiger partial charge on any atom is 0.0376 e. The number of fused-ring (bicyclic) bond motifs is 1. The maximum absolute atomic E-state index is 3.50. The van der Waals surface area contributed by atoms with Crippen LogP contribution in [0.3, 0.4) is 0 Å². The molecule has 0 saturated heterocycles. The smallest absolute Gasteiger partial charge is 0.0376 e. The summed E-state index contributed by atoms with van der Waals surface area (Å²) in [6, 6.07) is 17.5. The van der Waals surface area contributed by atoms with Gasteiger partial charge in [-0.3, -0.25) is 0 Å². The van der Waals surface area contributed by atoms with E-state index < -0.39 is 0 Å². The molecule has 1 heterocycles. The van der Waals surface area contributed by atoms with Crippen LogP contribution in [-0.2, 0) is 6.54 Å². The van der Waals surface area contributed by atoms with Crippen molar-refractivity contribution in [2.24, 2.45) is 0 Å². The van der Waals surface area contributed by atoms with Crippen molar-refractivity contribution in [1.82, 2.24) is 4.90 Å². The SMILES string of the molecule is Cc1ccc(CN(C)CC2CNc3ccccc32)cc1. The summed E-state index contributed by atoms with van der Waals surface area (Å²) in [6.07, 6.45) is 0. The Morgan fingerprint density at radius 1 is 1.10 bits per heavy atom. The van der Waals surface area contributed by atoms with Crippen LogP contribution in [0.2, 0.25) is 0 Å². The third-order valence-electron chi connectivity index (χ3n) is 4.04. The molecule has 0 saturated carbocycles. The molecule has 2 aromatic carbocycles. The average molecular weight is 266 g/mol. The second-order valence-corrected chi connectivity index (χ2v) is 5.85. The first kappa shape index (κ1) is 13.2. The minimum Gasteiger partial charge on any atom is -0.384 e. The largest absolute Gasteiger partial charge is 0.384 e. The molecule has 1 N–H and O–H groups in total. The van der Waals surface area contributed by atoms with Crippen LogP contribution in [0.25, 0.3) is 0 Å². The Balaban J connectivity index is 1.62. The second kappa shape index (κ2) is 5.68. The summed E-state index contributed by atoms with van der Waals surface area (Å²) in [6.45, 7) is 5.29. The van der Waals surface area contributed by atoms with Crippen LogP contribution in [0.5, 0.6) is 0 Å². The maximum atomic E-state index is 3.50. The van der Waals surface area contributed by atoms with E-state index in [-0.39, 0.29) is 0 Å². The van der Waals surface area contributed by atoms with Gasteiger partial charge < -0.3 is 10.2 Å². The number of nitrogens with zero attached hydrogens (tertiary/aromatic N) is 1. The Hall–Kier alpha value is -1.80. The Kier molecular flexibility index (Phi) is 3.75. The number of rotatable bonds is 4. The number of hydrogen-bond acceptors (Lipinski definition) is 2. The molecule has 2 nitrogen and oxygen atoms in total. The number of para-hydroxylation sites is 1. The van der Waals surface area contributed by atoms with Crippen LogP contribution in [0.4, 0.5) is 5.69 Å². The van der Waals surface area contributed by atoms with Crippen molar-refractivity contribution in [2.45, 2.75) is 19.4 Å². The highest BCUT2D eigenvalue weighted by Gasteiger charge is 2.22. The zero-order chi connectivity index (χ0) is 13.9. The first-order valence-corrected chi connectivity index (χ1v) is 7.29. The fourth-order valence-corrected chi connectivity index (χ4v) is 2.97. The van der Waals surface area contributed by atoms with Gasteiger partial charge in [0.1, 0.15) is 0 Å². The lowest BCUT2D eigenvalue weighted by atomic mass is 10.0. The minimum atomic E-state index is 0.599. The number of nitrogens with one attached hydrogen (secondary N) is 1. The van der Waals surface area contributed by atoms with Crippen molar-refractivity contribution in [3.05, 3.63) is 65.2 Å². The van der Waals surface area contributed by atoms with Gasteiger partial charge in [-0.15, -0.1) is 0 Å². The molecule has 3 rings (SSSR count). The highest BCUT2D eigenvalue weighted by molar-refractivity contribution is 5.57. The molecule has 1 atom stereocenters. The predicted molar refractivity (Wildman–Crippen MR) is 85.2 cm³/mol. The lowest BCUT2D eigenvalue weighted by molar-refractivity contribution is 0.309. The number of hydrogen-bond donors (Lipinski definition) is 1. The number of anilines is 1. The van der Waals surface area contributed by atoms with Crippen molar-refractivity contribution in [3.8, 4) is 0 Å². The molecule has 1 aliphatic heterocycles. The second-order valence-electron chi connectivity index (χ2n) is 5.85. The van der Waals surface area contributed by atoms with E-state index in [9.17, 15) is 0 Å². The first-order chi connectivity index (χ1) is 9.72. The number of likely N-dealkylation sites (N-methyl/N-ethyl adjacent to an activating group) is 1. The molecule has 2 aromatic rings. The molecule has 0 fully saturated rings. The molecule has 0 amide bonds. The summed E-state index contributed by atoms with van der Waals surface area (Å²) in [7, 11) is 2.21. The molecule has 0 radical (unpaired) electrons. The van der Waals surface area contributed by atoms with Gasteiger partial charge in [-0.25, -0.2) is 0 Å². The summed E-state index contributed by atoms with van der Waals surface area (Å²) in [5, 5.41) is 3.50. The van der Waals surface area contributed by atoms with E-state index in [1.807, 2.05) is 0 Å². The van der Waals surface area contributed by atoms with Crippen molar-refractivity contribution in [1.29, 1.82) is 0 Å². The number of benzene rings is 2. The van der Waals surface area contributed by atoms with E-state index >= 15 is 0 Å². The topological polar surface area (TPSA) is 15.3 Å². The molecule has 0 spiro atoms. The van der Waals surface area contributed by atoms with Gasteiger partial charge in [0, 0.05) is 31.2 Å². The zero-order valence-corrected chi connectivity index (χ0v) is 12.3. The zero-order valence-electron chi connectivity index (χ0n) is 12.3. The van der Waals surface area contributed by atoms with E-state index in [4.69, 9.17) is 0 Å². The standard InChI is InChI=1S/C18H22N2/c1-14-7-9-15(10-8-14)12-20(2)13-16-11-19-18-6-4-3-5-17(16)18/h3-10,16,19H,11-13H2,1-2H3. The van der Waals surface area contributed by atoms with Gasteiger partial charge in [0.15, 0.2) is 0 Å². The molecule has 0 aromatic heterocycles. The Morgan fingerprint density at radius 2 is 1.85 bits per heavy atom. The monoisotopic (exact) mass is 266 g/mol. The van der Waals surface area contributed by atoms with Gasteiger partial charge in [0.2, 0.25) is 0 Å². The van der Waals surface area contributed by atoms with Crippen LogP contribution in [0, 0.1) is 6.92 Å². The Bertz CT molecular complexity index is 574. The van der Waals surface area contributed by atoms with E-state index in [0.717, 1.165) is 19.6 Å². The molecule has 1 unspecified atom stereocenters. The van der Waals surface area contributed by atoms with Crippen LogP contribution >= 0.6 is 0 Å². The lowest BCUT2D eigenvalue weighted by Crippen LogP contribution is -2.25. The highest BCUT2D eigenvalue weighted by atomic mass is 15.1. The molecule has 1 aliphatic rings. The minimum absolute atomic E-state index is 0.599. The van der Waals surface area contributed by atoms with E-state index in [1.165, 1.54) is 22.4 Å². The Morgan fingerprint density at radius 3 is 2.65 bits per heavy atom. The summed E-state index contributed by atoms with van der Waals surface area (Å²) >= 11 is 0. The van der Waals surface area contributed by atoms with E-state index in [1.54, 1.807) is 0 Å². The van der Waals surface area contributed by atoms with Crippen LogP contribution < -0.4 is 5.32 Å². The molecular weight excluding hydrogens is 244 g/mol. The van der Waals surface area contributed by atoms with Crippen molar-refractivity contribution >= 4 is 5.69 Å². The van der Waals surface area contributed by atoms with Crippen molar-refractivity contribution < 1.29 is 0 Å². The summed E-state index contributed by atoms with van der Waals surface area (Å²) in [4.78, 5) is 2.42. The van der Waals surface area contributed by atoms with Gasteiger partial charge in [-0.1, -0.05) is 48.0 Å². The molecule has 2 heteroatoms. The fourth-order valence-electron chi connectivity index (χ4n) is 2.97. The van der Waals surface area contributed by atoms with Gasteiger partial charge in [0.25, 0.3) is 0 Å². The summed E-state index contributed by atoms with van der Waals surface area (Å²) in [5.74, 6) is 0.599. The lowest BCUT2D eigenvalue weighted by Gasteiger charge is -2.21. The van der Waals surface area contributed by atoms with Gasteiger partial charge in [0.05, 0.1) is 0 Å². The molecule has 0 bridgehead atoms. The fraction of sp³-hybridized carbons (Fsp3) is 0.333. The third kappa shape index (κ3) is 2.86. The highest BCUT2D eigenvalue weighted by Crippen LogP contribution is 2.31. The predicted octanol–water partition coefficient (Wildman–Crippen LogP) is 3.64. The van der Waals surface area contributed by atoms with Crippen molar-refractivity contribution in [2.75, 3.05) is 25.5 Å². The summed E-state index contributed by atoms with van der Waals surface area (Å²) < 4.78 is 0. The molecule has 104 valence electrons. The normalized spacial score (nSPS) is 17.1. The van der Waals surface area contributed by atoms with Crippen LogP contribution in [-0.4, -0.2) is 25.0 Å². The molecular formula is C18H22N2. The molecule has 0 aliphatic carbocycles. The van der Waals surface area contributed by atoms with Gasteiger partial charge in [-0.2, -0.15) is 0 Å². The Labute approximate surface area is 121 Å². The van der Waals surface area contributed by atoms with E-state index in [0.29, 0.717) is 5.92 Å². The van der Waals surface area contributed by atoms with E-state index in [2.05, 4.69) is 72.7 Å². The van der Waals surface area contributed by atoms with Crippen molar-refractivity contribution in [3.63, 3.8) is 0 Å². The van der Waals surface area contributed by atoms with Gasteiger partial charge >= 0.3 is 0 Å². The van der Waals surface area contributed by atoms with Crippen LogP contribution in [0.15, 0.2) is 48.5 Å².